The van der Waals surface area contributed by atoms with E-state index in [0.29, 0.717) is 17.0 Å². The lowest BCUT2D eigenvalue weighted by Gasteiger charge is -1.97. The molecule has 2 rings (SSSR count). The summed E-state index contributed by atoms with van der Waals surface area (Å²) in [4.78, 5) is 11.8. The van der Waals surface area contributed by atoms with Crippen molar-refractivity contribution in [2.75, 3.05) is 0 Å². The van der Waals surface area contributed by atoms with Gasteiger partial charge in [-0.1, -0.05) is 0 Å². The maximum atomic E-state index is 11.8. The minimum Gasteiger partial charge on any atom is -0.307 e. The molecule has 0 fully saturated rings. The number of aromatic amines is 1. The average molecular weight is 211 g/mol. The monoisotopic (exact) mass is 211 g/mol. The Labute approximate surface area is 85.2 Å². The molecule has 6 heteroatoms. The number of nitrogens with one attached hydrogen (secondary N) is 1. The second-order valence-electron chi connectivity index (χ2n) is 3.06. The van der Waals surface area contributed by atoms with Crippen molar-refractivity contribution in [2.24, 2.45) is 7.05 Å². The van der Waals surface area contributed by atoms with Gasteiger partial charge in [0.25, 0.3) is 0 Å². The highest BCUT2D eigenvalue weighted by atomic mass is 32.1. The number of aryl methyl sites for hydroxylation is 2. The molecule has 0 aliphatic heterocycles. The summed E-state index contributed by atoms with van der Waals surface area (Å²) in [6, 6.07) is 0. The zero-order chi connectivity index (χ0) is 10.3. The fourth-order valence-electron chi connectivity index (χ4n) is 1.49. The van der Waals surface area contributed by atoms with E-state index in [1.54, 1.807) is 33.1 Å². The van der Waals surface area contributed by atoms with Gasteiger partial charge in [0.2, 0.25) is 0 Å². The third-order valence-corrected chi connectivity index (χ3v) is 2.50. The normalized spacial score (nSPS) is 11.0. The van der Waals surface area contributed by atoms with Crippen molar-refractivity contribution in [1.82, 2.24) is 14.3 Å². The molecule has 0 bridgehead atoms. The van der Waals surface area contributed by atoms with E-state index in [1.807, 2.05) is 6.92 Å². The molecule has 0 aliphatic rings. The number of hydrogen-bond donors (Lipinski definition) is 1. The molecule has 0 atom stereocenters. The van der Waals surface area contributed by atoms with Crippen molar-refractivity contribution in [3.63, 3.8) is 0 Å². The summed E-state index contributed by atoms with van der Waals surface area (Å²) in [7, 11) is 1.77. The van der Waals surface area contributed by atoms with E-state index in [4.69, 9.17) is 12.2 Å². The molecular formula is C8H11N4OS+. The van der Waals surface area contributed by atoms with E-state index in [9.17, 15) is 4.79 Å². The van der Waals surface area contributed by atoms with Crippen molar-refractivity contribution in [1.29, 1.82) is 0 Å². The van der Waals surface area contributed by atoms with Gasteiger partial charge in [0.05, 0.1) is 13.2 Å². The second kappa shape index (κ2) is 3.06. The molecule has 0 aliphatic carbocycles. The van der Waals surface area contributed by atoms with Crippen LogP contribution in [0.15, 0.2) is 17.2 Å². The summed E-state index contributed by atoms with van der Waals surface area (Å²) < 4.78 is 5.47. The molecular weight excluding hydrogens is 200 g/mol. The molecule has 0 aromatic carbocycles. The van der Waals surface area contributed by atoms with Crippen LogP contribution in [0.1, 0.15) is 6.92 Å². The molecule has 0 spiro atoms. The van der Waals surface area contributed by atoms with Gasteiger partial charge >= 0.3 is 16.0 Å². The van der Waals surface area contributed by atoms with Crippen molar-refractivity contribution in [3.8, 4) is 0 Å². The number of H-pyrrole nitrogens is 1. The molecule has 14 heavy (non-hydrogen) atoms. The van der Waals surface area contributed by atoms with Crippen LogP contribution >= 0.6 is 12.2 Å². The predicted octanol–water partition coefficient (Wildman–Crippen LogP) is 0.00299. The maximum Gasteiger partial charge on any atom is 0.329 e. The first-order chi connectivity index (χ1) is 6.65. The van der Waals surface area contributed by atoms with Gasteiger partial charge in [-0.05, 0) is 19.1 Å². The number of rotatable bonds is 1. The summed E-state index contributed by atoms with van der Waals surface area (Å²) in [5.74, 6) is 0. The molecule has 1 N–H and O–H groups in total. The van der Waals surface area contributed by atoms with Gasteiger partial charge in [-0.25, -0.2) is 0 Å². The Balaban J connectivity index is 3.03. The fraction of sp³-hybridized carbons (Fsp3) is 0.375. The molecule has 5 nitrogen and oxygen atoms in total. The summed E-state index contributed by atoms with van der Waals surface area (Å²) in [5.41, 5.74) is 0.518. The summed E-state index contributed by atoms with van der Waals surface area (Å²) in [6.45, 7) is 2.59. The number of fused-ring (bicyclic) bond motifs is 1. The smallest absolute Gasteiger partial charge is 0.307 e. The van der Waals surface area contributed by atoms with Crippen molar-refractivity contribution in [2.45, 2.75) is 13.5 Å². The van der Waals surface area contributed by atoms with E-state index >= 15 is 0 Å². The Morgan fingerprint density at radius 2 is 2.36 bits per heavy atom. The average Bonchev–Trinajstić information content (AvgIpc) is 2.44. The first kappa shape index (κ1) is 9.14. The Morgan fingerprint density at radius 1 is 1.64 bits per heavy atom. The van der Waals surface area contributed by atoms with Gasteiger partial charge < -0.3 is 4.57 Å². The third-order valence-electron chi connectivity index (χ3n) is 2.22. The van der Waals surface area contributed by atoms with E-state index in [2.05, 4.69) is 5.10 Å². The van der Waals surface area contributed by atoms with E-state index in [1.165, 1.54) is 0 Å². The quantitative estimate of drug-likeness (QED) is 0.533. The Hall–Kier alpha value is -1.43. The van der Waals surface area contributed by atoms with Gasteiger partial charge in [0.1, 0.15) is 0 Å². The van der Waals surface area contributed by atoms with Crippen LogP contribution < -0.4 is 9.96 Å². The van der Waals surface area contributed by atoms with Crippen molar-refractivity contribution in [3.05, 3.63) is 27.5 Å². The lowest BCUT2D eigenvalue weighted by molar-refractivity contribution is -0.521. The molecule has 74 valence electrons. The van der Waals surface area contributed by atoms with Gasteiger partial charge in [0, 0.05) is 12.7 Å². The molecule has 0 radical (unpaired) electrons. The number of nitrogens with zero attached hydrogens (tertiary/aromatic N) is 3. The minimum absolute atomic E-state index is 0.0372. The number of hydrogen-bond acceptors (Lipinski definition) is 2. The molecule has 0 saturated carbocycles. The lowest BCUT2D eigenvalue weighted by atomic mass is 10.6. The first-order valence-electron chi connectivity index (χ1n) is 4.35. The molecule has 0 unspecified atom stereocenters. The van der Waals surface area contributed by atoms with Gasteiger partial charge in [0.15, 0.2) is 0 Å². The summed E-state index contributed by atoms with van der Waals surface area (Å²) in [5, 5.41) is 2.89. The highest BCUT2D eigenvalue weighted by Gasteiger charge is 2.13. The van der Waals surface area contributed by atoms with E-state index in [0.717, 1.165) is 0 Å². The largest absolute Gasteiger partial charge is 0.329 e. The van der Waals surface area contributed by atoms with E-state index < -0.39 is 0 Å². The molecule has 0 saturated heterocycles. The van der Waals surface area contributed by atoms with Crippen LogP contribution in [0.25, 0.3) is 5.65 Å². The van der Waals surface area contributed by atoms with Gasteiger partial charge in [-0.2, -0.15) is 4.40 Å². The number of aromatic nitrogens is 4. The molecule has 2 heterocycles. The van der Waals surface area contributed by atoms with Crippen molar-refractivity contribution < 1.29 is 4.40 Å². The van der Waals surface area contributed by atoms with Crippen LogP contribution in [0.3, 0.4) is 0 Å². The molecule has 2 aromatic rings. The highest BCUT2D eigenvalue weighted by Crippen LogP contribution is 1.87. The third kappa shape index (κ3) is 1.11. The topological polar surface area (TPSA) is 46.8 Å². The highest BCUT2D eigenvalue weighted by molar-refractivity contribution is 7.71. The predicted molar refractivity (Wildman–Crippen MR) is 53.7 cm³/mol. The van der Waals surface area contributed by atoms with Gasteiger partial charge in [-0.15, -0.1) is 9.78 Å². The summed E-state index contributed by atoms with van der Waals surface area (Å²) in [6.07, 6.45) is 3.53. The lowest BCUT2D eigenvalue weighted by Crippen LogP contribution is -2.33. The van der Waals surface area contributed by atoms with Crippen LogP contribution in [-0.4, -0.2) is 14.3 Å². The summed E-state index contributed by atoms with van der Waals surface area (Å²) >= 11 is 5.05. The Kier molecular flexibility index (Phi) is 1.99. The van der Waals surface area contributed by atoms with Crippen molar-refractivity contribution >= 4 is 17.9 Å². The standard InChI is InChI=1S/C8H10N4OS/c1-3-11-4-5-12-6(7(11)13)10(2)9-8(12)14/h4-5H,3H2,1-2H3/p+1. The first-order valence-corrected chi connectivity index (χ1v) is 4.75. The van der Waals surface area contributed by atoms with Crippen LogP contribution in [0, 0.1) is 4.77 Å². The van der Waals surface area contributed by atoms with E-state index in [-0.39, 0.29) is 5.56 Å². The van der Waals surface area contributed by atoms with Crippen LogP contribution in [0.5, 0.6) is 0 Å². The fourth-order valence-corrected chi connectivity index (χ4v) is 1.77. The maximum absolute atomic E-state index is 11.8. The zero-order valence-electron chi connectivity index (χ0n) is 8.02. The Bertz CT molecular complexity index is 591. The zero-order valence-corrected chi connectivity index (χ0v) is 8.84. The Morgan fingerprint density at radius 3 is 3.00 bits per heavy atom. The van der Waals surface area contributed by atoms with Crippen LogP contribution in [-0.2, 0) is 13.6 Å². The van der Waals surface area contributed by atoms with Crippen LogP contribution in [0.2, 0.25) is 0 Å². The molecule has 0 amide bonds. The molecule has 2 aromatic heterocycles. The second-order valence-corrected chi connectivity index (χ2v) is 3.45. The SMILES string of the molecule is CCn1cc[n+]2c(=S)[nH]n(C)c2c1=O. The van der Waals surface area contributed by atoms with Gasteiger partial charge in [-0.3, -0.25) is 4.79 Å². The minimum atomic E-state index is -0.0372. The van der Waals surface area contributed by atoms with Crippen LogP contribution in [0.4, 0.5) is 0 Å².